The van der Waals surface area contributed by atoms with Crippen LogP contribution in [0.15, 0.2) is 103 Å². The molecule has 0 aromatic heterocycles. The number of hydrogen-bond donors (Lipinski definition) is 2. The first-order valence-corrected chi connectivity index (χ1v) is 13.2. The van der Waals surface area contributed by atoms with Gasteiger partial charge in [0.05, 0.1) is 6.42 Å². The molecule has 0 radical (unpaired) electrons. The standard InChI is InChI=1S/C33H30N2O5/c36-31(35(21-32(37)38)20-23-10-2-1-3-11-23)18-24-12-4-5-13-25(24)19-34-33(39)40-22-30-28-16-8-6-14-26(28)27-15-7-9-17-29(27)30/h1-17,30H,18-22H2,(H,34,39)(H,37,38). The van der Waals surface area contributed by atoms with Crippen molar-refractivity contribution in [2.24, 2.45) is 0 Å². The number of ether oxygens (including phenoxy) is 1. The number of carboxylic acids is 1. The van der Waals surface area contributed by atoms with Crippen molar-refractivity contribution in [2.75, 3.05) is 13.2 Å². The van der Waals surface area contributed by atoms with Gasteiger partial charge in [-0.1, -0.05) is 103 Å². The topological polar surface area (TPSA) is 95.9 Å². The van der Waals surface area contributed by atoms with Crippen molar-refractivity contribution in [1.82, 2.24) is 10.2 Å². The lowest BCUT2D eigenvalue weighted by atomic mass is 9.98. The van der Waals surface area contributed by atoms with E-state index in [1.807, 2.05) is 78.9 Å². The van der Waals surface area contributed by atoms with Crippen molar-refractivity contribution in [3.8, 4) is 11.1 Å². The van der Waals surface area contributed by atoms with E-state index in [0.29, 0.717) is 0 Å². The number of amides is 2. The molecule has 40 heavy (non-hydrogen) atoms. The lowest BCUT2D eigenvalue weighted by Gasteiger charge is -2.22. The van der Waals surface area contributed by atoms with Crippen molar-refractivity contribution in [3.63, 3.8) is 0 Å². The van der Waals surface area contributed by atoms with E-state index in [0.717, 1.165) is 38.9 Å². The van der Waals surface area contributed by atoms with Gasteiger partial charge in [-0.05, 0) is 38.9 Å². The molecule has 0 atom stereocenters. The van der Waals surface area contributed by atoms with Crippen molar-refractivity contribution in [1.29, 1.82) is 0 Å². The fourth-order valence-electron chi connectivity index (χ4n) is 5.19. The van der Waals surface area contributed by atoms with Gasteiger partial charge in [-0.3, -0.25) is 9.59 Å². The maximum Gasteiger partial charge on any atom is 0.407 e. The van der Waals surface area contributed by atoms with Crippen LogP contribution in [0.2, 0.25) is 0 Å². The first-order chi connectivity index (χ1) is 19.5. The van der Waals surface area contributed by atoms with Gasteiger partial charge >= 0.3 is 12.1 Å². The minimum Gasteiger partial charge on any atom is -0.480 e. The van der Waals surface area contributed by atoms with Crippen LogP contribution < -0.4 is 5.32 Å². The first-order valence-electron chi connectivity index (χ1n) is 13.2. The zero-order chi connectivity index (χ0) is 27.9. The molecule has 0 saturated heterocycles. The molecule has 2 amide bonds. The number of alkyl carbamates (subject to hydrolysis) is 1. The number of carbonyl (C=O) groups excluding carboxylic acids is 2. The van der Waals surface area contributed by atoms with E-state index < -0.39 is 18.6 Å². The average Bonchev–Trinajstić information content (AvgIpc) is 3.29. The average molecular weight is 535 g/mol. The molecule has 202 valence electrons. The summed E-state index contributed by atoms with van der Waals surface area (Å²) in [6.45, 7) is 0.196. The molecule has 4 aromatic carbocycles. The number of carbonyl (C=O) groups is 3. The normalized spacial score (nSPS) is 11.8. The highest BCUT2D eigenvalue weighted by atomic mass is 16.5. The van der Waals surface area contributed by atoms with E-state index in [9.17, 15) is 19.5 Å². The van der Waals surface area contributed by atoms with Gasteiger partial charge in [0.15, 0.2) is 0 Å². The fourth-order valence-corrected chi connectivity index (χ4v) is 5.19. The van der Waals surface area contributed by atoms with Crippen LogP contribution in [-0.4, -0.2) is 41.1 Å². The first kappa shape index (κ1) is 26.7. The third-order valence-electron chi connectivity index (χ3n) is 7.12. The van der Waals surface area contributed by atoms with Crippen LogP contribution >= 0.6 is 0 Å². The molecule has 4 aromatic rings. The molecule has 5 rings (SSSR count). The molecule has 0 fully saturated rings. The van der Waals surface area contributed by atoms with Gasteiger partial charge in [-0.25, -0.2) is 4.79 Å². The number of nitrogens with zero attached hydrogens (tertiary/aromatic N) is 1. The van der Waals surface area contributed by atoms with Gasteiger partial charge in [0.2, 0.25) is 5.91 Å². The predicted molar refractivity (Wildman–Crippen MR) is 152 cm³/mol. The Morgan fingerprint density at radius 2 is 1.32 bits per heavy atom. The van der Waals surface area contributed by atoms with Crippen molar-refractivity contribution >= 4 is 18.0 Å². The molecule has 7 heteroatoms. The van der Waals surface area contributed by atoms with E-state index in [4.69, 9.17) is 4.74 Å². The maximum absolute atomic E-state index is 13.1. The van der Waals surface area contributed by atoms with E-state index in [-0.39, 0.29) is 37.9 Å². The minimum atomic E-state index is -1.07. The van der Waals surface area contributed by atoms with Gasteiger partial charge in [-0.2, -0.15) is 0 Å². The summed E-state index contributed by atoms with van der Waals surface area (Å²) in [5.74, 6) is -1.41. The van der Waals surface area contributed by atoms with E-state index in [1.54, 1.807) is 0 Å². The minimum absolute atomic E-state index is 0.0165. The number of fused-ring (bicyclic) bond motifs is 3. The van der Waals surface area contributed by atoms with Gasteiger partial charge in [0.1, 0.15) is 13.2 Å². The molecule has 2 N–H and O–H groups in total. The van der Waals surface area contributed by atoms with Crippen molar-refractivity contribution in [2.45, 2.75) is 25.4 Å². The molecular formula is C33H30N2O5. The fraction of sp³-hybridized carbons (Fsp3) is 0.182. The van der Waals surface area contributed by atoms with E-state index in [1.165, 1.54) is 4.90 Å². The molecule has 0 aliphatic heterocycles. The molecule has 0 heterocycles. The SMILES string of the molecule is O=C(O)CN(Cc1ccccc1)C(=O)Cc1ccccc1CNC(=O)OCC1c2ccccc2-c2ccccc21. The Labute approximate surface area is 233 Å². The lowest BCUT2D eigenvalue weighted by molar-refractivity contribution is -0.144. The summed E-state index contributed by atoms with van der Waals surface area (Å²) < 4.78 is 5.64. The highest BCUT2D eigenvalue weighted by Gasteiger charge is 2.29. The summed E-state index contributed by atoms with van der Waals surface area (Å²) in [6.07, 6.45) is -0.526. The lowest BCUT2D eigenvalue weighted by Crippen LogP contribution is -2.36. The molecule has 0 bridgehead atoms. The summed E-state index contributed by atoms with van der Waals surface area (Å²) in [6, 6.07) is 32.9. The number of carboxylic acid groups (broad SMARTS) is 1. The van der Waals surface area contributed by atoms with Crippen LogP contribution in [0.1, 0.15) is 33.7 Å². The molecule has 0 unspecified atom stereocenters. The largest absolute Gasteiger partial charge is 0.480 e. The highest BCUT2D eigenvalue weighted by molar-refractivity contribution is 5.83. The Morgan fingerprint density at radius 1 is 0.750 bits per heavy atom. The Balaban J connectivity index is 1.20. The van der Waals surface area contributed by atoms with Crippen molar-refractivity contribution in [3.05, 3.63) is 131 Å². The molecular weight excluding hydrogens is 504 g/mol. The Morgan fingerprint density at radius 3 is 1.98 bits per heavy atom. The zero-order valence-electron chi connectivity index (χ0n) is 22.0. The van der Waals surface area contributed by atoms with E-state index in [2.05, 4.69) is 29.6 Å². The van der Waals surface area contributed by atoms with Crippen molar-refractivity contribution < 1.29 is 24.2 Å². The van der Waals surface area contributed by atoms with E-state index >= 15 is 0 Å². The van der Waals surface area contributed by atoms with Crippen LogP contribution in [0.4, 0.5) is 4.79 Å². The second kappa shape index (κ2) is 12.3. The smallest absolute Gasteiger partial charge is 0.407 e. The predicted octanol–water partition coefficient (Wildman–Crippen LogP) is 5.38. The molecule has 1 aliphatic rings. The number of benzene rings is 4. The van der Waals surface area contributed by atoms with Crippen LogP contribution in [0, 0.1) is 0 Å². The van der Waals surface area contributed by atoms with Gasteiger partial charge < -0.3 is 20.1 Å². The number of hydrogen-bond acceptors (Lipinski definition) is 4. The third kappa shape index (κ3) is 6.21. The maximum atomic E-state index is 13.1. The van der Waals surface area contributed by atoms with Gasteiger partial charge in [0.25, 0.3) is 0 Å². The monoisotopic (exact) mass is 534 g/mol. The van der Waals surface area contributed by atoms with Crippen LogP contribution in [0.5, 0.6) is 0 Å². The Bertz CT molecular complexity index is 1470. The number of aliphatic carboxylic acids is 1. The molecule has 0 spiro atoms. The second-order valence-electron chi connectivity index (χ2n) is 9.75. The Hall–Kier alpha value is -4.91. The van der Waals surface area contributed by atoms with Gasteiger partial charge in [0, 0.05) is 19.0 Å². The summed E-state index contributed by atoms with van der Waals surface area (Å²) in [7, 11) is 0. The van der Waals surface area contributed by atoms with Gasteiger partial charge in [-0.15, -0.1) is 0 Å². The second-order valence-corrected chi connectivity index (χ2v) is 9.75. The quantitative estimate of drug-likeness (QED) is 0.285. The molecule has 1 aliphatic carbocycles. The third-order valence-corrected chi connectivity index (χ3v) is 7.12. The summed E-state index contributed by atoms with van der Waals surface area (Å²) in [4.78, 5) is 38.6. The zero-order valence-corrected chi connectivity index (χ0v) is 22.0. The number of rotatable bonds is 10. The van der Waals surface area contributed by atoms with Crippen LogP contribution in [-0.2, 0) is 33.8 Å². The van der Waals surface area contributed by atoms with Crippen LogP contribution in [0.25, 0.3) is 11.1 Å². The summed E-state index contributed by atoms with van der Waals surface area (Å²) in [5, 5.41) is 12.2. The van der Waals surface area contributed by atoms with Crippen LogP contribution in [0.3, 0.4) is 0 Å². The highest BCUT2D eigenvalue weighted by Crippen LogP contribution is 2.44. The molecule has 0 saturated carbocycles. The Kier molecular flexibility index (Phi) is 8.21. The summed E-state index contributed by atoms with van der Waals surface area (Å²) >= 11 is 0. The number of nitrogens with one attached hydrogen (secondary N) is 1. The molecule has 7 nitrogen and oxygen atoms in total. The summed E-state index contributed by atoms with van der Waals surface area (Å²) in [5.41, 5.74) is 6.94.